The van der Waals surface area contributed by atoms with E-state index < -0.39 is 0 Å². The molecule has 0 radical (unpaired) electrons. The van der Waals surface area contributed by atoms with E-state index in [1.54, 1.807) is 7.05 Å². The molecule has 2 N–H and O–H groups in total. The Kier molecular flexibility index (Phi) is 2.72. The highest BCUT2D eigenvalue weighted by Gasteiger charge is 2.25. The maximum absolute atomic E-state index is 11.4. The van der Waals surface area contributed by atoms with Crippen LogP contribution in [0.4, 0.5) is 0 Å². The average molecular weight is 248 g/mol. The fourth-order valence-electron chi connectivity index (χ4n) is 2.16. The number of nitrogens with one attached hydrogen (secondary N) is 1. The number of aryl methyl sites for hydroxylation is 1. The van der Waals surface area contributed by atoms with Crippen molar-refractivity contribution in [1.82, 2.24) is 9.88 Å². The number of rotatable bonds is 4. The zero-order chi connectivity index (χ0) is 12.7. The smallest absolute Gasteiger partial charge is 0.408 e. The van der Waals surface area contributed by atoms with Gasteiger partial charge >= 0.3 is 5.76 Å². The number of aromatic nitrogens is 1. The maximum atomic E-state index is 11.4. The molecular weight excluding hydrogens is 232 g/mol. The van der Waals surface area contributed by atoms with Gasteiger partial charge in [0.15, 0.2) is 5.58 Å². The molecule has 0 saturated heterocycles. The van der Waals surface area contributed by atoms with Gasteiger partial charge in [0.05, 0.1) is 18.2 Å². The maximum Gasteiger partial charge on any atom is 0.419 e. The minimum Gasteiger partial charge on any atom is -0.408 e. The van der Waals surface area contributed by atoms with Crippen LogP contribution in [0.25, 0.3) is 11.1 Å². The largest absolute Gasteiger partial charge is 0.419 e. The molecule has 1 aliphatic carbocycles. The van der Waals surface area contributed by atoms with Gasteiger partial charge in [0.2, 0.25) is 0 Å². The molecule has 1 aliphatic rings. The van der Waals surface area contributed by atoms with Crippen molar-refractivity contribution >= 4 is 11.1 Å². The van der Waals surface area contributed by atoms with Gasteiger partial charge in [-0.05, 0) is 30.5 Å². The van der Waals surface area contributed by atoms with E-state index in [9.17, 15) is 9.90 Å². The summed E-state index contributed by atoms with van der Waals surface area (Å²) in [5.41, 5.74) is 2.29. The van der Waals surface area contributed by atoms with E-state index in [-0.39, 0.29) is 18.4 Å². The molecule has 5 nitrogen and oxygen atoms in total. The predicted octanol–water partition coefficient (Wildman–Crippen LogP) is 0.917. The van der Waals surface area contributed by atoms with E-state index >= 15 is 0 Å². The van der Waals surface area contributed by atoms with Crippen LogP contribution in [0, 0.1) is 0 Å². The lowest BCUT2D eigenvalue weighted by Crippen LogP contribution is -2.26. The summed E-state index contributed by atoms with van der Waals surface area (Å²) in [6.07, 6.45) is 2.33. The Bertz CT molecular complexity index is 625. The highest BCUT2D eigenvalue weighted by atomic mass is 16.4. The normalized spacial score (nSPS) is 17.2. The van der Waals surface area contributed by atoms with Gasteiger partial charge in [-0.2, -0.15) is 0 Å². The number of fused-ring (bicyclic) bond motifs is 1. The molecule has 1 fully saturated rings. The van der Waals surface area contributed by atoms with Gasteiger partial charge in [0.1, 0.15) is 0 Å². The molecule has 1 atom stereocenters. The topological polar surface area (TPSA) is 67.4 Å². The van der Waals surface area contributed by atoms with Crippen LogP contribution < -0.4 is 11.1 Å². The van der Waals surface area contributed by atoms with Crippen LogP contribution in [-0.4, -0.2) is 22.3 Å². The van der Waals surface area contributed by atoms with E-state index in [1.165, 1.54) is 17.4 Å². The van der Waals surface area contributed by atoms with Crippen LogP contribution in [0.15, 0.2) is 27.4 Å². The van der Waals surface area contributed by atoms with Crippen molar-refractivity contribution in [3.8, 4) is 0 Å². The van der Waals surface area contributed by atoms with Gasteiger partial charge in [-0.1, -0.05) is 6.07 Å². The molecule has 0 spiro atoms. The van der Waals surface area contributed by atoms with E-state index in [0.29, 0.717) is 11.6 Å². The second kappa shape index (κ2) is 4.26. The van der Waals surface area contributed by atoms with Crippen LogP contribution in [0.5, 0.6) is 0 Å². The lowest BCUT2D eigenvalue weighted by atomic mass is 10.1. The molecule has 1 aromatic carbocycles. The molecule has 1 saturated carbocycles. The number of oxazole rings is 1. The summed E-state index contributed by atoms with van der Waals surface area (Å²) in [4.78, 5) is 11.4. The Morgan fingerprint density at radius 1 is 1.56 bits per heavy atom. The fourth-order valence-corrected chi connectivity index (χ4v) is 2.16. The summed E-state index contributed by atoms with van der Waals surface area (Å²) in [7, 11) is 1.68. The molecule has 0 aliphatic heterocycles. The van der Waals surface area contributed by atoms with Crippen molar-refractivity contribution < 1.29 is 9.52 Å². The highest BCUT2D eigenvalue weighted by molar-refractivity contribution is 5.73. The third-order valence-corrected chi connectivity index (χ3v) is 3.42. The lowest BCUT2D eigenvalue weighted by molar-refractivity contribution is 0.243. The van der Waals surface area contributed by atoms with Crippen LogP contribution in [-0.2, 0) is 7.05 Å². The average Bonchev–Trinajstić information content (AvgIpc) is 3.14. The molecule has 1 unspecified atom stereocenters. The Balaban J connectivity index is 1.98. The van der Waals surface area contributed by atoms with Crippen LogP contribution in [0.2, 0.25) is 0 Å². The van der Waals surface area contributed by atoms with Crippen molar-refractivity contribution in [2.45, 2.75) is 24.9 Å². The Hall–Kier alpha value is -1.59. The first kappa shape index (κ1) is 11.5. The third kappa shape index (κ3) is 1.95. The van der Waals surface area contributed by atoms with E-state index in [1.807, 2.05) is 18.2 Å². The Labute approximate surface area is 104 Å². The van der Waals surface area contributed by atoms with E-state index in [0.717, 1.165) is 11.1 Å². The van der Waals surface area contributed by atoms with E-state index in [4.69, 9.17) is 4.42 Å². The van der Waals surface area contributed by atoms with Crippen molar-refractivity contribution in [1.29, 1.82) is 0 Å². The van der Waals surface area contributed by atoms with Crippen LogP contribution in [0.3, 0.4) is 0 Å². The first-order chi connectivity index (χ1) is 8.69. The second-order valence-electron chi connectivity index (χ2n) is 4.83. The monoisotopic (exact) mass is 248 g/mol. The predicted molar refractivity (Wildman–Crippen MR) is 67.4 cm³/mol. The highest BCUT2D eigenvalue weighted by Crippen LogP contribution is 2.25. The molecule has 1 aromatic heterocycles. The molecule has 18 heavy (non-hydrogen) atoms. The van der Waals surface area contributed by atoms with Gasteiger partial charge in [0, 0.05) is 13.1 Å². The summed E-state index contributed by atoms with van der Waals surface area (Å²) in [6, 6.07) is 6.03. The number of hydrogen-bond acceptors (Lipinski definition) is 4. The van der Waals surface area contributed by atoms with Crippen molar-refractivity contribution in [2.24, 2.45) is 7.05 Å². The van der Waals surface area contributed by atoms with Crippen LogP contribution >= 0.6 is 0 Å². The molecule has 1 heterocycles. The van der Waals surface area contributed by atoms with E-state index in [2.05, 4.69) is 5.32 Å². The summed E-state index contributed by atoms with van der Waals surface area (Å²) in [5, 5.41) is 12.8. The first-order valence-corrected chi connectivity index (χ1v) is 6.15. The third-order valence-electron chi connectivity index (χ3n) is 3.42. The number of aliphatic hydroxyl groups excluding tert-OH is 1. The molecule has 5 heteroatoms. The fraction of sp³-hybridized carbons (Fsp3) is 0.462. The number of hydrogen-bond donors (Lipinski definition) is 2. The molecular formula is C13H16N2O3. The molecule has 0 bridgehead atoms. The second-order valence-corrected chi connectivity index (χ2v) is 4.83. The molecule has 3 rings (SSSR count). The summed E-state index contributed by atoms with van der Waals surface area (Å²) in [6.45, 7) is 0.0407. The standard InChI is InChI=1S/C13H16N2O3/c1-15-11-5-2-8(6-12(11)18-13(15)17)10(7-16)14-9-3-4-9/h2,5-6,9-10,14,16H,3-4,7H2,1H3. The minimum absolute atomic E-state index is 0.0407. The summed E-state index contributed by atoms with van der Waals surface area (Å²) in [5.74, 6) is -0.363. The zero-order valence-corrected chi connectivity index (χ0v) is 10.2. The minimum atomic E-state index is -0.363. The number of benzene rings is 1. The van der Waals surface area contributed by atoms with Gasteiger partial charge in [-0.15, -0.1) is 0 Å². The van der Waals surface area contributed by atoms with Crippen LogP contribution in [0.1, 0.15) is 24.4 Å². The molecule has 96 valence electrons. The van der Waals surface area contributed by atoms with Gasteiger partial charge in [-0.25, -0.2) is 4.79 Å². The molecule has 2 aromatic rings. The van der Waals surface area contributed by atoms with Crippen molar-refractivity contribution in [3.63, 3.8) is 0 Å². The first-order valence-electron chi connectivity index (χ1n) is 6.15. The Morgan fingerprint density at radius 3 is 3.00 bits per heavy atom. The Morgan fingerprint density at radius 2 is 2.33 bits per heavy atom. The van der Waals surface area contributed by atoms with Gasteiger partial charge < -0.3 is 14.8 Å². The van der Waals surface area contributed by atoms with Gasteiger partial charge in [0.25, 0.3) is 0 Å². The quantitative estimate of drug-likeness (QED) is 0.844. The molecule has 0 amide bonds. The van der Waals surface area contributed by atoms with Crippen molar-refractivity contribution in [3.05, 3.63) is 34.3 Å². The summed E-state index contributed by atoms with van der Waals surface area (Å²) < 4.78 is 6.63. The number of aliphatic hydroxyl groups is 1. The van der Waals surface area contributed by atoms with Crippen molar-refractivity contribution in [2.75, 3.05) is 6.61 Å². The number of nitrogens with zero attached hydrogens (tertiary/aromatic N) is 1. The zero-order valence-electron chi connectivity index (χ0n) is 10.2. The SMILES string of the molecule is Cn1c(=O)oc2cc(C(CO)NC3CC3)ccc21. The van der Waals surface area contributed by atoms with Gasteiger partial charge in [-0.3, -0.25) is 4.57 Å². The summed E-state index contributed by atoms with van der Waals surface area (Å²) >= 11 is 0. The lowest BCUT2D eigenvalue weighted by Gasteiger charge is -2.16.